The van der Waals surface area contributed by atoms with Gasteiger partial charge in [0.15, 0.2) is 0 Å². The summed E-state index contributed by atoms with van der Waals surface area (Å²) >= 11 is 0. The maximum atomic E-state index is 12.3. The first-order valence-electron chi connectivity index (χ1n) is 5.61. The van der Waals surface area contributed by atoms with E-state index in [9.17, 15) is 9.59 Å². The maximum Gasteiger partial charge on any atom is 0.325 e. The van der Waals surface area contributed by atoms with Crippen LogP contribution in [-0.4, -0.2) is 41.1 Å². The fourth-order valence-electron chi connectivity index (χ4n) is 2.29. The summed E-state index contributed by atoms with van der Waals surface area (Å²) in [5.41, 5.74) is -1.29. The third kappa shape index (κ3) is 1.59. The minimum atomic E-state index is -0.803. The molecular formula is C11H18N2O3. The van der Waals surface area contributed by atoms with E-state index in [0.717, 1.165) is 6.42 Å². The molecule has 90 valence electrons. The first-order valence-corrected chi connectivity index (χ1v) is 5.61. The third-order valence-corrected chi connectivity index (χ3v) is 3.07. The number of nitrogens with zero attached hydrogens (tertiary/aromatic N) is 1. The molecule has 2 saturated heterocycles. The lowest BCUT2D eigenvalue weighted by atomic mass is 9.91. The second kappa shape index (κ2) is 3.45. The minimum Gasteiger partial charge on any atom is -0.378 e. The number of amides is 3. The molecule has 2 heterocycles. The van der Waals surface area contributed by atoms with Gasteiger partial charge >= 0.3 is 6.03 Å². The van der Waals surface area contributed by atoms with Gasteiger partial charge in [0.2, 0.25) is 0 Å². The molecule has 16 heavy (non-hydrogen) atoms. The van der Waals surface area contributed by atoms with Crippen LogP contribution in [0.25, 0.3) is 0 Å². The van der Waals surface area contributed by atoms with E-state index in [4.69, 9.17) is 4.74 Å². The van der Waals surface area contributed by atoms with Crippen molar-refractivity contribution in [1.29, 1.82) is 0 Å². The molecule has 5 nitrogen and oxygen atoms in total. The topological polar surface area (TPSA) is 58.6 Å². The first kappa shape index (κ1) is 11.4. The molecule has 0 radical (unpaired) electrons. The number of carbonyl (C=O) groups excluding carboxylic acids is 2. The molecule has 0 aromatic rings. The number of urea groups is 1. The van der Waals surface area contributed by atoms with E-state index in [1.807, 2.05) is 20.8 Å². The van der Waals surface area contributed by atoms with Crippen molar-refractivity contribution in [2.45, 2.75) is 44.7 Å². The van der Waals surface area contributed by atoms with Gasteiger partial charge in [-0.15, -0.1) is 0 Å². The monoisotopic (exact) mass is 226 g/mol. The molecule has 3 amide bonds. The van der Waals surface area contributed by atoms with Crippen LogP contribution in [0.15, 0.2) is 0 Å². The number of ether oxygens (including phenoxy) is 1. The quantitative estimate of drug-likeness (QED) is 0.624. The van der Waals surface area contributed by atoms with Gasteiger partial charge in [0.05, 0.1) is 6.61 Å². The van der Waals surface area contributed by atoms with Crippen LogP contribution in [0.4, 0.5) is 4.79 Å². The zero-order valence-electron chi connectivity index (χ0n) is 10.0. The summed E-state index contributed by atoms with van der Waals surface area (Å²) in [4.78, 5) is 25.5. The second-order valence-corrected chi connectivity index (χ2v) is 5.48. The maximum absolute atomic E-state index is 12.3. The summed E-state index contributed by atoms with van der Waals surface area (Å²) in [5.74, 6) is -0.148. The van der Waals surface area contributed by atoms with Crippen LogP contribution in [-0.2, 0) is 9.53 Å². The Morgan fingerprint density at radius 1 is 1.38 bits per heavy atom. The van der Waals surface area contributed by atoms with Gasteiger partial charge in [0.1, 0.15) is 5.54 Å². The Bertz CT molecular complexity index is 327. The molecule has 1 atom stereocenters. The standard InChI is InChI=1S/C11H18N2O3/c1-10(2,3)13-8(14)11(12-9(13)15)5-4-6-16-7-11/h4-7H2,1-3H3,(H,12,15). The van der Waals surface area contributed by atoms with Gasteiger partial charge in [0.25, 0.3) is 5.91 Å². The predicted molar refractivity (Wildman–Crippen MR) is 57.9 cm³/mol. The van der Waals surface area contributed by atoms with E-state index in [-0.39, 0.29) is 11.9 Å². The molecule has 0 saturated carbocycles. The summed E-state index contributed by atoms with van der Waals surface area (Å²) < 4.78 is 5.32. The summed E-state index contributed by atoms with van der Waals surface area (Å²) in [6, 6.07) is -0.303. The minimum absolute atomic E-state index is 0.148. The summed E-state index contributed by atoms with van der Waals surface area (Å²) in [6.45, 7) is 6.53. The smallest absolute Gasteiger partial charge is 0.325 e. The first-order chi connectivity index (χ1) is 7.37. The van der Waals surface area contributed by atoms with Gasteiger partial charge in [-0.25, -0.2) is 4.79 Å². The third-order valence-electron chi connectivity index (χ3n) is 3.07. The molecule has 2 fully saturated rings. The molecule has 2 aliphatic heterocycles. The number of rotatable bonds is 0. The van der Waals surface area contributed by atoms with Crippen molar-refractivity contribution in [3.8, 4) is 0 Å². The molecule has 0 aromatic heterocycles. The van der Waals surface area contributed by atoms with Crippen molar-refractivity contribution in [2.24, 2.45) is 0 Å². The average Bonchev–Trinajstić information content (AvgIpc) is 2.38. The van der Waals surface area contributed by atoms with Crippen LogP contribution in [0, 0.1) is 0 Å². The molecular weight excluding hydrogens is 208 g/mol. The second-order valence-electron chi connectivity index (χ2n) is 5.48. The molecule has 0 aliphatic carbocycles. The Hall–Kier alpha value is -1.10. The molecule has 2 rings (SSSR count). The molecule has 5 heteroatoms. The summed E-state index contributed by atoms with van der Waals surface area (Å²) in [7, 11) is 0. The number of hydrogen-bond acceptors (Lipinski definition) is 3. The van der Waals surface area contributed by atoms with Gasteiger partial charge in [-0.2, -0.15) is 0 Å². The SMILES string of the molecule is CC(C)(C)N1C(=O)NC2(CCCOC2)C1=O. The van der Waals surface area contributed by atoms with E-state index in [0.29, 0.717) is 19.6 Å². The Kier molecular flexibility index (Phi) is 2.45. The Balaban J connectivity index is 2.28. The van der Waals surface area contributed by atoms with E-state index in [1.165, 1.54) is 4.90 Å². The molecule has 1 unspecified atom stereocenters. The van der Waals surface area contributed by atoms with E-state index in [1.54, 1.807) is 0 Å². The van der Waals surface area contributed by atoms with E-state index >= 15 is 0 Å². The van der Waals surface area contributed by atoms with Gasteiger partial charge in [-0.05, 0) is 33.6 Å². The molecule has 1 N–H and O–H groups in total. The number of nitrogens with one attached hydrogen (secondary N) is 1. The lowest BCUT2D eigenvalue weighted by Crippen LogP contribution is -2.54. The Morgan fingerprint density at radius 3 is 2.50 bits per heavy atom. The highest BCUT2D eigenvalue weighted by Crippen LogP contribution is 2.31. The van der Waals surface area contributed by atoms with Crippen molar-refractivity contribution in [3.63, 3.8) is 0 Å². The lowest BCUT2D eigenvalue weighted by molar-refractivity contribution is -0.138. The number of carbonyl (C=O) groups is 2. The van der Waals surface area contributed by atoms with E-state index < -0.39 is 11.1 Å². The fourth-order valence-corrected chi connectivity index (χ4v) is 2.29. The van der Waals surface area contributed by atoms with Crippen molar-refractivity contribution in [3.05, 3.63) is 0 Å². The predicted octanol–water partition coefficient (Wildman–Crippen LogP) is 0.886. The highest BCUT2D eigenvalue weighted by Gasteiger charge is 2.54. The highest BCUT2D eigenvalue weighted by molar-refractivity contribution is 6.07. The molecule has 2 aliphatic rings. The van der Waals surface area contributed by atoms with Gasteiger partial charge in [0, 0.05) is 12.1 Å². The fraction of sp³-hybridized carbons (Fsp3) is 0.818. The van der Waals surface area contributed by atoms with Crippen LogP contribution < -0.4 is 5.32 Å². The zero-order valence-corrected chi connectivity index (χ0v) is 10.0. The van der Waals surface area contributed by atoms with Gasteiger partial charge in [-0.3, -0.25) is 9.69 Å². The van der Waals surface area contributed by atoms with Crippen LogP contribution in [0.1, 0.15) is 33.6 Å². The largest absolute Gasteiger partial charge is 0.378 e. The summed E-state index contributed by atoms with van der Waals surface area (Å²) in [5, 5.41) is 2.79. The van der Waals surface area contributed by atoms with Crippen molar-refractivity contribution >= 4 is 11.9 Å². The zero-order chi connectivity index (χ0) is 12.0. The molecule has 1 spiro atoms. The van der Waals surface area contributed by atoms with Crippen LogP contribution in [0.3, 0.4) is 0 Å². The van der Waals surface area contributed by atoms with Crippen LogP contribution >= 0.6 is 0 Å². The highest BCUT2D eigenvalue weighted by atomic mass is 16.5. The van der Waals surface area contributed by atoms with E-state index in [2.05, 4.69) is 5.32 Å². The van der Waals surface area contributed by atoms with Crippen molar-refractivity contribution in [1.82, 2.24) is 10.2 Å². The Morgan fingerprint density at radius 2 is 2.06 bits per heavy atom. The van der Waals surface area contributed by atoms with Crippen LogP contribution in [0.5, 0.6) is 0 Å². The van der Waals surface area contributed by atoms with Crippen molar-refractivity contribution < 1.29 is 14.3 Å². The molecule has 0 aromatic carbocycles. The van der Waals surface area contributed by atoms with Crippen molar-refractivity contribution in [2.75, 3.05) is 13.2 Å². The number of imide groups is 1. The average molecular weight is 226 g/mol. The normalized spacial score (nSPS) is 31.1. The Labute approximate surface area is 95.1 Å². The summed E-state index contributed by atoms with van der Waals surface area (Å²) in [6.07, 6.45) is 1.48. The lowest BCUT2D eigenvalue weighted by Gasteiger charge is -2.33. The molecule has 0 bridgehead atoms. The number of hydrogen-bond donors (Lipinski definition) is 1. The van der Waals surface area contributed by atoms with Crippen LogP contribution in [0.2, 0.25) is 0 Å². The van der Waals surface area contributed by atoms with Gasteiger partial charge < -0.3 is 10.1 Å². The van der Waals surface area contributed by atoms with Gasteiger partial charge in [-0.1, -0.05) is 0 Å².